The minimum Gasteiger partial charge on any atom is -0.216 e. The van der Waals surface area contributed by atoms with Crippen LogP contribution in [-0.2, 0) is 0 Å². The van der Waals surface area contributed by atoms with E-state index in [0.29, 0.717) is 0 Å². The largest absolute Gasteiger partial charge is 0.438 e. The van der Waals surface area contributed by atoms with Crippen LogP contribution in [0.25, 0.3) is 0 Å². The van der Waals surface area contributed by atoms with Gasteiger partial charge < -0.3 is 0 Å². The Morgan fingerprint density at radius 2 is 0.765 bits per heavy atom. The molecular weight excluding hydrogens is 304 g/mol. The van der Waals surface area contributed by atoms with Crippen LogP contribution in [0.1, 0.15) is 0 Å². The first kappa shape index (κ1) is 16.5. The fraction of sp³-hybridized carbons (Fsp3) is 1.00. The molecule has 0 fully saturated rings. The van der Waals surface area contributed by atoms with E-state index in [1.165, 1.54) is 0 Å². The predicted molar refractivity (Wildman–Crippen MR) is 31.7 cm³/mol. The molecule has 104 valence electrons. The van der Waals surface area contributed by atoms with Crippen LogP contribution in [0.5, 0.6) is 0 Å². The van der Waals surface area contributed by atoms with E-state index in [2.05, 4.69) is 11.6 Å². The second-order valence-electron chi connectivity index (χ2n) is 2.73. The van der Waals surface area contributed by atoms with Crippen molar-refractivity contribution in [2.24, 2.45) is 0 Å². The molecule has 0 aliphatic carbocycles. The lowest BCUT2D eigenvalue weighted by molar-refractivity contribution is -0.416. The normalized spacial score (nSPS) is 16.2. The van der Waals surface area contributed by atoms with E-state index in [1.54, 1.807) is 0 Å². The molecule has 0 heterocycles. The van der Waals surface area contributed by atoms with Gasteiger partial charge in [-0.15, -0.1) is 0 Å². The zero-order valence-electron chi connectivity index (χ0n) is 7.04. The van der Waals surface area contributed by atoms with Crippen LogP contribution in [0.2, 0.25) is 0 Å². The van der Waals surface area contributed by atoms with Crippen molar-refractivity contribution in [2.45, 2.75) is 29.3 Å². The molecule has 12 heteroatoms. The van der Waals surface area contributed by atoms with Crippen LogP contribution in [-0.4, -0.2) is 29.3 Å². The number of hydrogen-bond donors (Lipinski definition) is 0. The van der Waals surface area contributed by atoms with Crippen molar-refractivity contribution in [3.8, 4) is 0 Å². The highest BCUT2D eigenvalue weighted by molar-refractivity contribution is 6.22. The predicted octanol–water partition coefficient (Wildman–Crippen LogP) is 4.29. The summed E-state index contributed by atoms with van der Waals surface area (Å²) in [4.78, 5) is 0. The van der Waals surface area contributed by atoms with Crippen molar-refractivity contribution in [2.75, 3.05) is 0 Å². The van der Waals surface area contributed by atoms with Crippen LogP contribution < -0.4 is 0 Å². The summed E-state index contributed by atoms with van der Waals surface area (Å²) in [6.45, 7) is 0. The minimum atomic E-state index is -7.46. The summed E-state index contributed by atoms with van der Waals surface area (Å²) in [5, 5.41) is -6.38. The second-order valence-corrected chi connectivity index (χ2v) is 3.20. The van der Waals surface area contributed by atoms with E-state index in [-0.39, 0.29) is 0 Å². The highest BCUT2D eigenvalue weighted by atomic mass is 35.5. The summed E-state index contributed by atoms with van der Waals surface area (Å²) in [6.07, 6.45) is -14.7. The maximum Gasteiger partial charge on any atom is 0.438 e. The molecule has 0 radical (unpaired) electrons. The molecule has 0 amide bonds. The van der Waals surface area contributed by atoms with Gasteiger partial charge in [-0.05, 0) is 11.6 Å². The average Bonchev–Trinajstić information content (AvgIpc) is 1.95. The molecule has 0 bridgehead atoms. The van der Waals surface area contributed by atoms with Gasteiger partial charge >= 0.3 is 29.3 Å². The smallest absolute Gasteiger partial charge is 0.216 e. The van der Waals surface area contributed by atoms with Gasteiger partial charge in [0.15, 0.2) is 0 Å². The van der Waals surface area contributed by atoms with Crippen molar-refractivity contribution in [1.29, 1.82) is 0 Å². The molecule has 0 N–H and O–H groups in total. The Hall–Kier alpha value is -0.480. The SMILES string of the molecule is FC(F)(F)C(F)(C(F)(F)F)C(F)(F)C(F)(F)Cl. The Balaban J connectivity index is 6.04. The third kappa shape index (κ3) is 2.25. The second kappa shape index (κ2) is 3.75. The first-order chi connectivity index (χ1) is 7.00. The Morgan fingerprint density at radius 1 is 0.529 bits per heavy atom. The van der Waals surface area contributed by atoms with Gasteiger partial charge in [-0.2, -0.15) is 43.9 Å². The topological polar surface area (TPSA) is 0 Å². The Morgan fingerprint density at radius 3 is 0.824 bits per heavy atom. The summed E-state index contributed by atoms with van der Waals surface area (Å²) in [5.74, 6) is -7.22. The molecule has 0 atom stereocenters. The van der Waals surface area contributed by atoms with Crippen molar-refractivity contribution in [1.82, 2.24) is 0 Å². The van der Waals surface area contributed by atoms with Gasteiger partial charge in [0.2, 0.25) is 0 Å². The van der Waals surface area contributed by atoms with E-state index >= 15 is 0 Å². The molecule has 0 aromatic carbocycles. The van der Waals surface area contributed by atoms with E-state index in [4.69, 9.17) is 0 Å². The van der Waals surface area contributed by atoms with Gasteiger partial charge in [0.1, 0.15) is 0 Å². The van der Waals surface area contributed by atoms with Gasteiger partial charge in [-0.3, -0.25) is 0 Å². The third-order valence-electron chi connectivity index (χ3n) is 1.57. The molecule has 0 saturated heterocycles. The van der Waals surface area contributed by atoms with Crippen molar-refractivity contribution >= 4 is 11.6 Å². The minimum absolute atomic E-state index is 3.40. The molecule has 0 saturated carbocycles. The van der Waals surface area contributed by atoms with Gasteiger partial charge in [0.25, 0.3) is 0 Å². The van der Waals surface area contributed by atoms with Crippen LogP contribution in [0, 0.1) is 0 Å². The number of halogens is 12. The Bertz CT molecular complexity index is 266. The molecule has 0 nitrogen and oxygen atoms in total. The summed E-state index contributed by atoms with van der Waals surface area (Å²) in [7, 11) is 0. The zero-order chi connectivity index (χ0) is 14.5. The van der Waals surface area contributed by atoms with Crippen LogP contribution in [0.4, 0.5) is 48.3 Å². The maximum atomic E-state index is 12.5. The number of rotatable bonds is 2. The zero-order valence-corrected chi connectivity index (χ0v) is 7.79. The van der Waals surface area contributed by atoms with Gasteiger partial charge in [-0.1, -0.05) is 0 Å². The van der Waals surface area contributed by atoms with Crippen molar-refractivity contribution in [3.63, 3.8) is 0 Å². The number of hydrogen-bond acceptors (Lipinski definition) is 0. The molecule has 0 aliphatic rings. The highest BCUT2D eigenvalue weighted by Gasteiger charge is 2.90. The van der Waals surface area contributed by atoms with Crippen LogP contribution >= 0.6 is 11.6 Å². The van der Waals surface area contributed by atoms with Gasteiger partial charge in [-0.25, -0.2) is 4.39 Å². The Kier molecular flexibility index (Phi) is 3.65. The van der Waals surface area contributed by atoms with E-state index in [9.17, 15) is 48.3 Å². The van der Waals surface area contributed by atoms with Crippen molar-refractivity contribution in [3.05, 3.63) is 0 Å². The molecular formula is C5ClF11. The highest BCUT2D eigenvalue weighted by Crippen LogP contribution is 2.59. The fourth-order valence-corrected chi connectivity index (χ4v) is 0.842. The quantitative estimate of drug-likeness (QED) is 0.527. The molecule has 0 unspecified atom stereocenters. The summed E-state index contributed by atoms with van der Waals surface area (Å²) < 4.78 is 131. The van der Waals surface area contributed by atoms with Gasteiger partial charge in [0.05, 0.1) is 0 Å². The number of alkyl halides is 12. The molecule has 17 heavy (non-hydrogen) atoms. The molecule has 0 rings (SSSR count). The standard InChI is InChI=1S/C5ClF11/c6-3(10,11)2(8,9)1(7,4(12,13)14)5(15,16)17. The summed E-state index contributed by atoms with van der Waals surface area (Å²) in [6, 6.07) is 0. The van der Waals surface area contributed by atoms with Crippen LogP contribution in [0.3, 0.4) is 0 Å². The monoisotopic (exact) mass is 304 g/mol. The van der Waals surface area contributed by atoms with E-state index in [1.807, 2.05) is 0 Å². The van der Waals surface area contributed by atoms with E-state index < -0.39 is 29.3 Å². The maximum absolute atomic E-state index is 12.5. The van der Waals surface area contributed by atoms with E-state index in [0.717, 1.165) is 0 Å². The van der Waals surface area contributed by atoms with Crippen LogP contribution in [0.15, 0.2) is 0 Å². The lowest BCUT2D eigenvalue weighted by Crippen LogP contribution is -2.69. The van der Waals surface area contributed by atoms with Crippen molar-refractivity contribution < 1.29 is 48.3 Å². The third-order valence-corrected chi connectivity index (χ3v) is 1.81. The molecule has 0 aromatic heterocycles. The first-order valence-corrected chi connectivity index (χ1v) is 3.65. The lowest BCUT2D eigenvalue weighted by Gasteiger charge is -2.37. The van der Waals surface area contributed by atoms with Gasteiger partial charge in [0, 0.05) is 0 Å². The fourth-order valence-electron chi connectivity index (χ4n) is 0.712. The molecule has 0 aromatic rings. The summed E-state index contributed by atoms with van der Waals surface area (Å²) >= 11 is 3.40. The molecule has 0 spiro atoms. The summed E-state index contributed by atoms with van der Waals surface area (Å²) in [5.41, 5.74) is -7.46. The molecule has 0 aliphatic heterocycles. The lowest BCUT2D eigenvalue weighted by atomic mass is 9.96. The Labute approximate surface area is 90.3 Å². The first-order valence-electron chi connectivity index (χ1n) is 3.27. The average molecular weight is 304 g/mol.